The Balaban J connectivity index is 2.87. The quantitative estimate of drug-likeness (QED) is 0.701. The fraction of sp³-hybridized carbons (Fsp3) is 0.111. The number of rotatable bonds is 0. The summed E-state index contributed by atoms with van der Waals surface area (Å²) in [5.74, 6) is 0. The first-order chi connectivity index (χ1) is 6.22. The van der Waals surface area contributed by atoms with E-state index in [1.165, 1.54) is 2.88 Å². The maximum Gasteiger partial charge on any atom is 0.101 e. The summed E-state index contributed by atoms with van der Waals surface area (Å²) >= 11 is 3.95. The molecule has 0 aliphatic rings. The molecule has 2 nitrogen and oxygen atoms in total. The summed E-state index contributed by atoms with van der Waals surface area (Å²) in [5.41, 5.74) is 2.71. The molecule has 0 aliphatic heterocycles. The molecule has 13 heavy (non-hydrogen) atoms. The highest BCUT2D eigenvalue weighted by Crippen LogP contribution is 2.29. The Morgan fingerprint density at radius 3 is 3.08 bits per heavy atom. The van der Waals surface area contributed by atoms with Crippen molar-refractivity contribution in [2.45, 2.75) is 6.92 Å². The number of hydrogen-bond acceptors (Lipinski definition) is 3. The van der Waals surface area contributed by atoms with Crippen LogP contribution in [-0.2, 0) is 0 Å². The van der Waals surface area contributed by atoms with Gasteiger partial charge in [0.05, 0.1) is 18.7 Å². The molecular weight excluding hydrogens is 295 g/mol. The van der Waals surface area contributed by atoms with Gasteiger partial charge in [-0.05, 0) is 41.1 Å². The lowest BCUT2D eigenvalue weighted by molar-refractivity contribution is 1.34. The van der Waals surface area contributed by atoms with Crippen LogP contribution in [0.3, 0.4) is 0 Å². The van der Waals surface area contributed by atoms with E-state index in [1.54, 1.807) is 17.5 Å². The number of nitriles is 1. The van der Waals surface area contributed by atoms with Crippen molar-refractivity contribution in [2.24, 2.45) is 0 Å². The number of nitrogens with zero attached hydrogens (tertiary/aromatic N) is 2. The minimum Gasteiger partial charge on any atom is -0.254 e. The summed E-state index contributed by atoms with van der Waals surface area (Å²) in [6, 6.07) is 4.17. The van der Waals surface area contributed by atoms with Gasteiger partial charge < -0.3 is 0 Å². The van der Waals surface area contributed by atoms with Gasteiger partial charge in [-0.1, -0.05) is 0 Å². The zero-order valence-electron chi connectivity index (χ0n) is 6.84. The summed E-state index contributed by atoms with van der Waals surface area (Å²) in [4.78, 5) is 4.22. The van der Waals surface area contributed by atoms with Crippen LogP contribution >= 0.6 is 33.9 Å². The molecule has 0 aromatic carbocycles. The predicted octanol–water partition coefficient (Wildman–Crippen LogP) is 3.08. The van der Waals surface area contributed by atoms with Crippen LogP contribution in [0.1, 0.15) is 11.1 Å². The van der Waals surface area contributed by atoms with Crippen molar-refractivity contribution in [3.63, 3.8) is 0 Å². The van der Waals surface area contributed by atoms with E-state index >= 15 is 0 Å². The first-order valence-corrected chi connectivity index (χ1v) is 5.56. The van der Waals surface area contributed by atoms with Crippen LogP contribution < -0.4 is 0 Å². The van der Waals surface area contributed by atoms with Gasteiger partial charge in [0.15, 0.2) is 0 Å². The largest absolute Gasteiger partial charge is 0.254 e. The second-order valence-corrected chi connectivity index (χ2v) is 5.62. The molecule has 0 amide bonds. The van der Waals surface area contributed by atoms with Gasteiger partial charge in [-0.25, -0.2) is 0 Å². The molecule has 0 N–H and O–H groups in total. The summed E-state index contributed by atoms with van der Waals surface area (Å²) < 4.78 is 2.33. The first kappa shape index (κ1) is 8.91. The zero-order valence-corrected chi connectivity index (χ0v) is 9.81. The topological polar surface area (TPSA) is 36.7 Å². The molecule has 0 saturated carbocycles. The van der Waals surface area contributed by atoms with Crippen LogP contribution in [0.5, 0.6) is 0 Å². The maximum atomic E-state index is 8.80. The van der Waals surface area contributed by atoms with Crippen LogP contribution in [0, 0.1) is 21.1 Å². The summed E-state index contributed by atoms with van der Waals surface area (Å²) in [6.45, 7) is 1.97. The molecule has 2 rings (SSSR count). The third-order valence-electron chi connectivity index (χ3n) is 1.88. The van der Waals surface area contributed by atoms with Crippen molar-refractivity contribution in [3.8, 4) is 6.07 Å². The van der Waals surface area contributed by atoms with E-state index in [-0.39, 0.29) is 0 Å². The van der Waals surface area contributed by atoms with Crippen LogP contribution in [-0.4, -0.2) is 4.98 Å². The lowest BCUT2D eigenvalue weighted by atomic mass is 10.2. The van der Waals surface area contributed by atoms with E-state index in [4.69, 9.17) is 5.26 Å². The maximum absolute atomic E-state index is 8.80. The highest BCUT2D eigenvalue weighted by molar-refractivity contribution is 14.1. The predicted molar refractivity (Wildman–Crippen MR) is 61.8 cm³/mol. The fourth-order valence-corrected chi connectivity index (χ4v) is 2.98. The monoisotopic (exact) mass is 300 g/mol. The molecule has 2 heterocycles. The zero-order chi connectivity index (χ0) is 9.42. The van der Waals surface area contributed by atoms with E-state index in [1.807, 2.05) is 13.0 Å². The van der Waals surface area contributed by atoms with Gasteiger partial charge >= 0.3 is 0 Å². The highest BCUT2D eigenvalue weighted by atomic mass is 127. The lowest BCUT2D eigenvalue weighted by Crippen LogP contribution is -1.84. The number of thiophene rings is 1. The van der Waals surface area contributed by atoms with Gasteiger partial charge in [0.2, 0.25) is 0 Å². The Morgan fingerprint density at radius 1 is 1.62 bits per heavy atom. The Kier molecular flexibility index (Phi) is 2.22. The van der Waals surface area contributed by atoms with Gasteiger partial charge in [0, 0.05) is 6.20 Å². The van der Waals surface area contributed by atoms with Crippen molar-refractivity contribution in [1.82, 2.24) is 4.98 Å². The second-order valence-electron chi connectivity index (χ2n) is 2.67. The normalized spacial score (nSPS) is 10.2. The number of pyridine rings is 1. The van der Waals surface area contributed by atoms with E-state index in [0.29, 0.717) is 5.56 Å². The lowest BCUT2D eigenvalue weighted by Gasteiger charge is -1.96. The molecule has 0 saturated heterocycles. The molecule has 0 aliphatic carbocycles. The molecule has 0 bridgehead atoms. The first-order valence-electron chi connectivity index (χ1n) is 3.67. The molecule has 2 aromatic heterocycles. The molecule has 0 atom stereocenters. The Hall–Kier alpha value is -0.670. The van der Waals surface area contributed by atoms with Crippen LogP contribution in [0.4, 0.5) is 0 Å². The Morgan fingerprint density at radius 2 is 2.38 bits per heavy atom. The van der Waals surface area contributed by atoms with Gasteiger partial charge in [-0.3, -0.25) is 4.98 Å². The average Bonchev–Trinajstić information content (AvgIpc) is 2.47. The minimum atomic E-state index is 0.672. The van der Waals surface area contributed by atoms with Gasteiger partial charge in [0.25, 0.3) is 0 Å². The third-order valence-corrected chi connectivity index (χ3v) is 3.88. The standard InChI is InChI=1S/C9H5IN2S/c1-5-6(3-11)4-12-7-2-8(10)13-9(5)7/h2,4H,1H3. The molecule has 0 fully saturated rings. The fourth-order valence-electron chi connectivity index (χ4n) is 1.18. The number of aryl methyl sites for hydroxylation is 1. The molecule has 0 unspecified atom stereocenters. The van der Waals surface area contributed by atoms with E-state index in [9.17, 15) is 0 Å². The smallest absolute Gasteiger partial charge is 0.101 e. The third kappa shape index (κ3) is 1.42. The molecule has 2 aromatic rings. The van der Waals surface area contributed by atoms with Gasteiger partial charge in [-0.2, -0.15) is 5.26 Å². The van der Waals surface area contributed by atoms with E-state index in [2.05, 4.69) is 33.6 Å². The number of hydrogen-bond donors (Lipinski definition) is 0. The van der Waals surface area contributed by atoms with Crippen LogP contribution in [0.25, 0.3) is 10.2 Å². The highest BCUT2D eigenvalue weighted by Gasteiger charge is 2.07. The summed E-state index contributed by atoms with van der Waals surface area (Å²) in [6.07, 6.45) is 1.64. The average molecular weight is 300 g/mol. The van der Waals surface area contributed by atoms with Gasteiger partial charge in [0.1, 0.15) is 6.07 Å². The van der Waals surface area contributed by atoms with E-state index in [0.717, 1.165) is 15.8 Å². The molecule has 0 radical (unpaired) electrons. The minimum absolute atomic E-state index is 0.672. The van der Waals surface area contributed by atoms with Crippen molar-refractivity contribution in [3.05, 3.63) is 26.3 Å². The van der Waals surface area contributed by atoms with Crippen molar-refractivity contribution < 1.29 is 0 Å². The van der Waals surface area contributed by atoms with E-state index < -0.39 is 0 Å². The van der Waals surface area contributed by atoms with Crippen LogP contribution in [0.15, 0.2) is 12.3 Å². The van der Waals surface area contributed by atoms with Crippen molar-refractivity contribution in [1.29, 1.82) is 5.26 Å². The summed E-state index contributed by atoms with van der Waals surface area (Å²) in [5, 5.41) is 8.80. The SMILES string of the molecule is Cc1c(C#N)cnc2cc(I)sc12. The molecule has 64 valence electrons. The number of fused-ring (bicyclic) bond motifs is 1. The molecular formula is C9H5IN2S. The molecule has 0 spiro atoms. The van der Waals surface area contributed by atoms with Crippen molar-refractivity contribution >= 4 is 44.1 Å². The second kappa shape index (κ2) is 3.24. The van der Waals surface area contributed by atoms with Crippen LogP contribution in [0.2, 0.25) is 0 Å². The molecule has 4 heteroatoms. The van der Waals surface area contributed by atoms with Crippen molar-refractivity contribution in [2.75, 3.05) is 0 Å². The number of halogens is 1. The Bertz CT molecular complexity index is 510. The Labute approximate surface area is 93.4 Å². The number of aromatic nitrogens is 1. The summed E-state index contributed by atoms with van der Waals surface area (Å²) in [7, 11) is 0. The van der Waals surface area contributed by atoms with Gasteiger partial charge in [-0.15, -0.1) is 11.3 Å².